The number of esters is 1. The summed E-state index contributed by atoms with van der Waals surface area (Å²) in [6.45, 7) is 8.05. The van der Waals surface area contributed by atoms with E-state index >= 15 is 0 Å². The highest BCUT2D eigenvalue weighted by atomic mass is 35.5. The molecule has 18 heteroatoms. The number of rotatable bonds is 16. The SMILES string of the molecule is CC(C)[C@H](N)C(=O)OCC(C)(C)C(=O)SCCO[P@@](=O)(NCc1ccccc1)OC[C@H]1O[C@@H](n2cnc3c(N)ncnc32)[C@](C)(Cl)[C@@H]1O. The average molecular weight is 728 g/mol. The minimum Gasteiger partial charge on any atom is -0.463 e. The third-order valence-corrected chi connectivity index (χ3v) is 10.9. The Morgan fingerprint density at radius 3 is 2.62 bits per heavy atom. The van der Waals surface area contributed by atoms with Crippen LogP contribution in [0, 0.1) is 11.3 Å². The number of nitrogens with one attached hydrogen (secondary N) is 1. The van der Waals surface area contributed by atoms with Gasteiger partial charge in [0.1, 0.15) is 41.6 Å². The Balaban J connectivity index is 1.38. The van der Waals surface area contributed by atoms with Crippen LogP contribution in [-0.4, -0.2) is 84.4 Å². The number of nitrogens with zero attached hydrogens (tertiary/aromatic N) is 4. The maximum atomic E-state index is 13.9. The molecule has 48 heavy (non-hydrogen) atoms. The molecule has 264 valence electrons. The number of imidazole rings is 1. The lowest BCUT2D eigenvalue weighted by molar-refractivity contribution is -0.150. The highest BCUT2D eigenvalue weighted by Crippen LogP contribution is 2.48. The van der Waals surface area contributed by atoms with Crippen LogP contribution in [-0.2, 0) is 39.2 Å². The number of thioether (sulfide) groups is 1. The van der Waals surface area contributed by atoms with Gasteiger partial charge in [0.05, 0.1) is 25.0 Å². The van der Waals surface area contributed by atoms with Crippen LogP contribution in [0.4, 0.5) is 5.82 Å². The number of carbonyl (C=O) groups is 2. The highest BCUT2D eigenvalue weighted by Gasteiger charge is 2.54. The number of nitrogen functional groups attached to an aromatic ring is 1. The lowest BCUT2D eigenvalue weighted by atomic mass is 9.97. The number of aliphatic hydroxyl groups excluding tert-OH is 1. The van der Waals surface area contributed by atoms with Crippen LogP contribution in [0.2, 0.25) is 0 Å². The molecule has 0 radical (unpaired) electrons. The molecular formula is C30H43ClN7O8PS. The molecule has 4 rings (SSSR count). The molecule has 0 saturated carbocycles. The smallest absolute Gasteiger partial charge is 0.405 e. The van der Waals surface area contributed by atoms with Crippen LogP contribution in [0.5, 0.6) is 0 Å². The molecular weight excluding hydrogens is 685 g/mol. The molecule has 2 aromatic heterocycles. The molecule has 1 saturated heterocycles. The van der Waals surface area contributed by atoms with Crippen molar-refractivity contribution in [2.45, 2.75) is 70.5 Å². The molecule has 6 atom stereocenters. The molecule has 0 amide bonds. The van der Waals surface area contributed by atoms with Crippen molar-refractivity contribution in [1.29, 1.82) is 0 Å². The van der Waals surface area contributed by atoms with E-state index < -0.39 is 48.5 Å². The third kappa shape index (κ3) is 9.11. The number of hydrogen-bond donors (Lipinski definition) is 4. The normalized spacial score (nSPS) is 23.3. The van der Waals surface area contributed by atoms with E-state index in [1.165, 1.54) is 12.7 Å². The summed E-state index contributed by atoms with van der Waals surface area (Å²) in [6, 6.07) is 8.43. The zero-order valence-corrected chi connectivity index (χ0v) is 29.9. The van der Waals surface area contributed by atoms with E-state index in [0.717, 1.165) is 17.3 Å². The molecule has 0 bridgehead atoms. The van der Waals surface area contributed by atoms with Crippen molar-refractivity contribution in [3.05, 3.63) is 48.5 Å². The fourth-order valence-corrected chi connectivity index (χ4v) is 7.17. The van der Waals surface area contributed by atoms with Gasteiger partial charge in [-0.25, -0.2) is 24.6 Å². The molecule has 1 fully saturated rings. The van der Waals surface area contributed by atoms with Crippen molar-refractivity contribution in [2.75, 3.05) is 31.3 Å². The van der Waals surface area contributed by atoms with Crippen LogP contribution in [0.25, 0.3) is 11.2 Å². The summed E-state index contributed by atoms with van der Waals surface area (Å²) in [7, 11) is -4.03. The minimum atomic E-state index is -4.03. The lowest BCUT2D eigenvalue weighted by Crippen LogP contribution is -2.40. The van der Waals surface area contributed by atoms with E-state index in [2.05, 4.69) is 20.0 Å². The van der Waals surface area contributed by atoms with Crippen molar-refractivity contribution in [1.82, 2.24) is 24.6 Å². The average Bonchev–Trinajstić information content (AvgIpc) is 3.58. The van der Waals surface area contributed by atoms with Crippen molar-refractivity contribution >= 4 is 59.2 Å². The molecule has 1 aliphatic heterocycles. The predicted molar refractivity (Wildman–Crippen MR) is 182 cm³/mol. The van der Waals surface area contributed by atoms with Gasteiger partial charge < -0.3 is 26.0 Å². The summed E-state index contributed by atoms with van der Waals surface area (Å²) in [6.07, 6.45) is -0.496. The van der Waals surface area contributed by atoms with Gasteiger partial charge in [-0.3, -0.25) is 23.2 Å². The Labute approximate surface area is 288 Å². The molecule has 1 aromatic carbocycles. The number of hydrogen-bond acceptors (Lipinski definition) is 14. The van der Waals surface area contributed by atoms with Gasteiger partial charge in [0.2, 0.25) is 0 Å². The number of aromatic nitrogens is 4. The second-order valence-corrected chi connectivity index (χ2v) is 16.3. The molecule has 6 N–H and O–H groups in total. The Morgan fingerprint density at radius 2 is 1.94 bits per heavy atom. The van der Waals surface area contributed by atoms with Crippen LogP contribution < -0.4 is 16.6 Å². The first kappa shape index (κ1) is 38.1. The molecule has 3 heterocycles. The molecule has 0 spiro atoms. The van der Waals surface area contributed by atoms with Crippen LogP contribution in [0.3, 0.4) is 0 Å². The predicted octanol–water partition coefficient (Wildman–Crippen LogP) is 3.41. The van der Waals surface area contributed by atoms with Gasteiger partial charge >= 0.3 is 13.7 Å². The lowest BCUT2D eigenvalue weighted by Gasteiger charge is -2.26. The van der Waals surface area contributed by atoms with Crippen LogP contribution in [0.1, 0.15) is 46.4 Å². The summed E-state index contributed by atoms with van der Waals surface area (Å²) >= 11 is 7.75. The summed E-state index contributed by atoms with van der Waals surface area (Å²) in [4.78, 5) is 36.2. The number of nitrogens with two attached hydrogens (primary N) is 2. The fraction of sp³-hybridized carbons (Fsp3) is 0.567. The number of anilines is 1. The number of fused-ring (bicyclic) bond motifs is 1. The largest absolute Gasteiger partial charge is 0.463 e. The summed E-state index contributed by atoms with van der Waals surface area (Å²) in [5.41, 5.74) is 12.3. The van der Waals surface area contributed by atoms with E-state index in [-0.39, 0.29) is 49.0 Å². The number of carbonyl (C=O) groups excluding carboxylic acids is 2. The molecule has 0 unspecified atom stereocenters. The second-order valence-electron chi connectivity index (χ2n) is 12.6. The zero-order valence-electron chi connectivity index (χ0n) is 27.4. The van der Waals surface area contributed by atoms with E-state index in [0.29, 0.717) is 11.2 Å². The number of halogens is 1. The summed E-state index contributed by atoms with van der Waals surface area (Å²) in [5, 5.41) is 13.7. The molecule has 3 aromatic rings. The first-order valence-corrected chi connectivity index (χ1v) is 18.2. The van der Waals surface area contributed by atoms with Crippen molar-refractivity contribution in [3.63, 3.8) is 0 Å². The first-order chi connectivity index (χ1) is 22.6. The van der Waals surface area contributed by atoms with E-state index in [4.69, 9.17) is 41.6 Å². The van der Waals surface area contributed by atoms with E-state index in [1.807, 2.05) is 30.3 Å². The fourth-order valence-electron chi connectivity index (χ4n) is 4.64. The number of aliphatic hydroxyl groups is 1. The summed E-state index contributed by atoms with van der Waals surface area (Å²) in [5.74, 6) is -0.372. The van der Waals surface area contributed by atoms with Crippen LogP contribution >= 0.6 is 31.1 Å². The topological polar surface area (TPSA) is 216 Å². The number of benzene rings is 1. The van der Waals surface area contributed by atoms with Gasteiger partial charge in [-0.1, -0.05) is 55.9 Å². The monoisotopic (exact) mass is 727 g/mol. The van der Waals surface area contributed by atoms with Gasteiger partial charge in [-0.15, -0.1) is 11.6 Å². The first-order valence-electron chi connectivity index (χ1n) is 15.3. The quantitative estimate of drug-likeness (QED) is 0.0720. The summed E-state index contributed by atoms with van der Waals surface area (Å²) < 4.78 is 38.4. The van der Waals surface area contributed by atoms with E-state index in [1.54, 1.807) is 39.2 Å². The maximum Gasteiger partial charge on any atom is 0.405 e. The maximum absolute atomic E-state index is 13.9. The molecule has 1 aliphatic rings. The van der Waals surface area contributed by atoms with Gasteiger partial charge in [0.15, 0.2) is 22.8 Å². The molecule has 15 nitrogen and oxygen atoms in total. The highest BCUT2D eigenvalue weighted by molar-refractivity contribution is 8.13. The van der Waals surface area contributed by atoms with Crippen molar-refractivity contribution < 1.29 is 37.8 Å². The minimum absolute atomic E-state index is 0.104. The van der Waals surface area contributed by atoms with Gasteiger partial charge in [0.25, 0.3) is 0 Å². The van der Waals surface area contributed by atoms with Gasteiger partial charge in [-0.05, 0) is 32.3 Å². The zero-order chi connectivity index (χ0) is 35.3. The van der Waals surface area contributed by atoms with Gasteiger partial charge in [0, 0.05) is 12.3 Å². The number of alkyl halides is 1. The van der Waals surface area contributed by atoms with E-state index in [9.17, 15) is 19.3 Å². The van der Waals surface area contributed by atoms with Gasteiger partial charge in [-0.2, -0.15) is 0 Å². The standard InChI is InChI=1S/C30H43ClN7O8PS/c1-18(2)21(32)26(40)43-15-29(3,4)28(41)48-12-11-44-47(42,37-13-19-9-7-6-8-10-19)45-14-20-23(39)30(5,31)27(46-20)38-17-36-22-24(33)34-16-35-25(22)38/h6-10,16-18,20-21,23,27,39H,11-15,32H2,1-5H3,(H,37,42)(H2,33,34,35)/t20-,21+,23-,27-,30-,47+/m1/s1. The van der Waals surface area contributed by atoms with Crippen molar-refractivity contribution in [3.8, 4) is 0 Å². The Bertz CT molecular complexity index is 1610. The Kier molecular flexibility index (Phi) is 12.6. The van der Waals surface area contributed by atoms with Crippen LogP contribution in [0.15, 0.2) is 43.0 Å². The third-order valence-electron chi connectivity index (χ3n) is 7.78. The second kappa shape index (κ2) is 15.9. The molecule has 0 aliphatic carbocycles. The Hall–Kier alpha value is -2.66. The van der Waals surface area contributed by atoms with Crippen molar-refractivity contribution in [2.24, 2.45) is 17.1 Å². The number of ether oxygens (including phenoxy) is 2. The Morgan fingerprint density at radius 1 is 1.23 bits per heavy atom.